The summed E-state index contributed by atoms with van der Waals surface area (Å²) in [6.45, 7) is 2.61. The zero-order chi connectivity index (χ0) is 20.6. The van der Waals surface area contributed by atoms with Crippen molar-refractivity contribution in [3.8, 4) is 11.5 Å². The molecule has 0 spiro atoms. The molecule has 0 saturated heterocycles. The largest absolute Gasteiger partial charge is 0.493 e. The molecule has 2 N–H and O–H groups in total. The number of furan rings is 1. The number of methoxy groups -OCH3 is 1. The third-order valence-electron chi connectivity index (χ3n) is 4.15. The normalized spacial score (nSPS) is 10.3. The lowest BCUT2D eigenvalue weighted by Gasteiger charge is -2.13. The average Bonchev–Trinajstić information content (AvgIpc) is 3.26. The molecule has 1 aromatic heterocycles. The maximum atomic E-state index is 12.7. The predicted molar refractivity (Wildman–Crippen MR) is 108 cm³/mol. The number of nitrogens with one attached hydrogen (secondary N) is 2. The molecule has 2 amide bonds. The fourth-order valence-corrected chi connectivity index (χ4v) is 2.74. The van der Waals surface area contributed by atoms with E-state index < -0.39 is 0 Å². The molecular formula is C22H22N2O5. The summed E-state index contributed by atoms with van der Waals surface area (Å²) in [5.41, 5.74) is 1.14. The number of hydrogen-bond acceptors (Lipinski definition) is 5. The van der Waals surface area contributed by atoms with Gasteiger partial charge < -0.3 is 24.5 Å². The van der Waals surface area contributed by atoms with E-state index in [-0.39, 0.29) is 18.4 Å². The van der Waals surface area contributed by atoms with Crippen LogP contribution in [0.2, 0.25) is 0 Å². The Kier molecular flexibility index (Phi) is 6.52. The van der Waals surface area contributed by atoms with Crippen LogP contribution in [0.3, 0.4) is 0 Å². The van der Waals surface area contributed by atoms with Crippen molar-refractivity contribution in [2.45, 2.75) is 13.5 Å². The fraction of sp³-hybridized carbons (Fsp3) is 0.182. The summed E-state index contributed by atoms with van der Waals surface area (Å²) < 4.78 is 16.0. The van der Waals surface area contributed by atoms with Crippen LogP contribution < -0.4 is 20.1 Å². The van der Waals surface area contributed by atoms with Gasteiger partial charge in [-0.05, 0) is 49.4 Å². The molecule has 0 saturated carbocycles. The summed E-state index contributed by atoms with van der Waals surface area (Å²) in [4.78, 5) is 25.3. The van der Waals surface area contributed by atoms with Crippen molar-refractivity contribution in [2.24, 2.45) is 0 Å². The summed E-state index contributed by atoms with van der Waals surface area (Å²) in [6.07, 6.45) is 1.54. The van der Waals surface area contributed by atoms with E-state index in [2.05, 4.69) is 10.6 Å². The Balaban J connectivity index is 1.74. The van der Waals surface area contributed by atoms with Crippen LogP contribution in [0, 0.1) is 0 Å². The molecular weight excluding hydrogens is 372 g/mol. The van der Waals surface area contributed by atoms with E-state index in [9.17, 15) is 9.59 Å². The monoisotopic (exact) mass is 394 g/mol. The average molecular weight is 394 g/mol. The third kappa shape index (κ3) is 4.95. The van der Waals surface area contributed by atoms with Crippen molar-refractivity contribution in [1.29, 1.82) is 0 Å². The number of amides is 2. The van der Waals surface area contributed by atoms with E-state index >= 15 is 0 Å². The zero-order valence-electron chi connectivity index (χ0n) is 16.2. The maximum absolute atomic E-state index is 12.7. The van der Waals surface area contributed by atoms with Crippen molar-refractivity contribution in [3.63, 3.8) is 0 Å². The minimum Gasteiger partial charge on any atom is -0.493 e. The standard InChI is InChI=1S/C22H22N2O5/c1-3-28-19-11-10-15(13-20(19)27-2)21(25)24-18-9-5-4-8-17(18)22(26)23-14-16-7-6-12-29-16/h4-13H,3,14H2,1-2H3,(H,23,26)(H,24,25). The smallest absolute Gasteiger partial charge is 0.255 e. The van der Waals surface area contributed by atoms with Crippen LogP contribution in [0.1, 0.15) is 33.4 Å². The molecule has 7 nitrogen and oxygen atoms in total. The number of carbonyl (C=O) groups is 2. The molecule has 0 radical (unpaired) electrons. The lowest BCUT2D eigenvalue weighted by atomic mass is 10.1. The molecule has 7 heteroatoms. The molecule has 0 fully saturated rings. The summed E-state index contributed by atoms with van der Waals surface area (Å²) in [5.74, 6) is 0.980. The third-order valence-corrected chi connectivity index (χ3v) is 4.15. The van der Waals surface area contributed by atoms with Gasteiger partial charge in [-0.3, -0.25) is 9.59 Å². The molecule has 0 bridgehead atoms. The van der Waals surface area contributed by atoms with Gasteiger partial charge >= 0.3 is 0 Å². The Hall–Kier alpha value is -3.74. The minimum atomic E-state index is -0.363. The van der Waals surface area contributed by atoms with Crippen molar-refractivity contribution < 1.29 is 23.5 Å². The Morgan fingerprint density at radius 3 is 2.55 bits per heavy atom. The molecule has 3 rings (SSSR count). The molecule has 0 aliphatic carbocycles. The van der Waals surface area contributed by atoms with Gasteiger partial charge in [-0.2, -0.15) is 0 Å². The number of hydrogen-bond donors (Lipinski definition) is 2. The van der Waals surface area contributed by atoms with Crippen LogP contribution in [-0.4, -0.2) is 25.5 Å². The first-order valence-electron chi connectivity index (χ1n) is 9.14. The fourth-order valence-electron chi connectivity index (χ4n) is 2.74. The Morgan fingerprint density at radius 1 is 1.00 bits per heavy atom. The van der Waals surface area contributed by atoms with Gasteiger partial charge in [-0.1, -0.05) is 12.1 Å². The number of carbonyl (C=O) groups excluding carboxylic acids is 2. The molecule has 0 unspecified atom stereocenters. The zero-order valence-corrected chi connectivity index (χ0v) is 16.2. The summed E-state index contributed by atoms with van der Waals surface area (Å²) in [6, 6.07) is 15.2. The van der Waals surface area contributed by atoms with Crippen molar-refractivity contribution in [2.75, 3.05) is 19.0 Å². The van der Waals surface area contributed by atoms with Crippen molar-refractivity contribution >= 4 is 17.5 Å². The molecule has 0 aliphatic heterocycles. The Morgan fingerprint density at radius 2 is 1.83 bits per heavy atom. The first-order chi connectivity index (χ1) is 14.1. The molecule has 3 aromatic rings. The van der Waals surface area contributed by atoms with E-state index in [0.29, 0.717) is 40.7 Å². The summed E-state index contributed by atoms with van der Waals surface area (Å²) in [7, 11) is 1.51. The highest BCUT2D eigenvalue weighted by atomic mass is 16.5. The van der Waals surface area contributed by atoms with Gasteiger partial charge in [-0.15, -0.1) is 0 Å². The quantitative estimate of drug-likeness (QED) is 0.605. The van der Waals surface area contributed by atoms with Gasteiger partial charge in [0.05, 0.1) is 37.8 Å². The van der Waals surface area contributed by atoms with E-state index in [0.717, 1.165) is 0 Å². The van der Waals surface area contributed by atoms with Crippen molar-refractivity contribution in [3.05, 3.63) is 77.7 Å². The minimum absolute atomic E-state index is 0.254. The van der Waals surface area contributed by atoms with E-state index in [1.54, 1.807) is 60.9 Å². The van der Waals surface area contributed by atoms with E-state index in [4.69, 9.17) is 13.9 Å². The lowest BCUT2D eigenvalue weighted by Crippen LogP contribution is -2.24. The number of ether oxygens (including phenoxy) is 2. The van der Waals surface area contributed by atoms with Crippen LogP contribution in [0.4, 0.5) is 5.69 Å². The number of anilines is 1. The van der Waals surface area contributed by atoms with Gasteiger partial charge in [0, 0.05) is 5.56 Å². The van der Waals surface area contributed by atoms with Gasteiger partial charge in [0.25, 0.3) is 11.8 Å². The van der Waals surface area contributed by atoms with Gasteiger partial charge in [0.15, 0.2) is 11.5 Å². The second kappa shape index (κ2) is 9.45. The second-order valence-corrected chi connectivity index (χ2v) is 6.06. The topological polar surface area (TPSA) is 89.8 Å². The van der Waals surface area contributed by atoms with E-state index in [1.165, 1.54) is 7.11 Å². The molecule has 0 atom stereocenters. The van der Waals surface area contributed by atoms with Crippen LogP contribution in [0.5, 0.6) is 11.5 Å². The number of para-hydroxylation sites is 1. The number of rotatable bonds is 8. The van der Waals surface area contributed by atoms with Gasteiger partial charge in [0.2, 0.25) is 0 Å². The second-order valence-electron chi connectivity index (χ2n) is 6.06. The first-order valence-corrected chi connectivity index (χ1v) is 9.14. The predicted octanol–water partition coefficient (Wildman–Crippen LogP) is 3.87. The summed E-state index contributed by atoms with van der Waals surface area (Å²) in [5, 5.41) is 5.56. The SMILES string of the molecule is CCOc1ccc(C(=O)Nc2ccccc2C(=O)NCc2ccco2)cc1OC. The Bertz CT molecular complexity index is 983. The maximum Gasteiger partial charge on any atom is 0.255 e. The highest BCUT2D eigenvalue weighted by Gasteiger charge is 2.16. The highest BCUT2D eigenvalue weighted by molar-refractivity contribution is 6.09. The lowest BCUT2D eigenvalue weighted by molar-refractivity contribution is 0.0949. The summed E-state index contributed by atoms with van der Waals surface area (Å²) >= 11 is 0. The number of benzene rings is 2. The highest BCUT2D eigenvalue weighted by Crippen LogP contribution is 2.28. The van der Waals surface area contributed by atoms with Crippen LogP contribution in [0.15, 0.2) is 65.3 Å². The molecule has 1 heterocycles. The Labute approximate surface area is 168 Å². The molecule has 2 aromatic carbocycles. The van der Waals surface area contributed by atoms with Gasteiger partial charge in [0.1, 0.15) is 5.76 Å². The van der Waals surface area contributed by atoms with Crippen molar-refractivity contribution in [1.82, 2.24) is 5.32 Å². The van der Waals surface area contributed by atoms with Crippen LogP contribution in [0.25, 0.3) is 0 Å². The van der Waals surface area contributed by atoms with Gasteiger partial charge in [-0.25, -0.2) is 0 Å². The first kappa shape index (κ1) is 20.0. The van der Waals surface area contributed by atoms with E-state index in [1.807, 2.05) is 6.92 Å². The molecule has 29 heavy (non-hydrogen) atoms. The van der Waals surface area contributed by atoms with Crippen LogP contribution >= 0.6 is 0 Å². The molecule has 0 aliphatic rings. The molecule has 150 valence electrons. The van der Waals surface area contributed by atoms with Crippen LogP contribution in [-0.2, 0) is 6.54 Å².